The molecule has 2 aromatic heterocycles. The summed E-state index contributed by atoms with van der Waals surface area (Å²) in [7, 11) is 2.29. The molecule has 1 atom stereocenters. The minimum atomic E-state index is 0.527. The topological polar surface area (TPSA) is 41.5 Å². The minimum Gasteiger partial charge on any atom is -0.378 e. The quantitative estimate of drug-likeness (QED) is 0.768. The molecule has 0 N–H and O–H groups in total. The highest BCUT2D eigenvalue weighted by molar-refractivity contribution is 7.18. The van der Waals surface area contributed by atoms with Gasteiger partial charge in [-0.2, -0.15) is 0 Å². The number of fused-ring (bicyclic) bond motifs is 1. The molecule has 0 spiro atoms. The molecule has 5 nitrogen and oxygen atoms in total. The van der Waals surface area contributed by atoms with Crippen LogP contribution < -0.4 is 4.90 Å². The number of aromatic nitrogens is 2. The second-order valence-corrected chi connectivity index (χ2v) is 8.98. The van der Waals surface area contributed by atoms with E-state index in [0.29, 0.717) is 12.1 Å². The first kappa shape index (κ1) is 18.1. The van der Waals surface area contributed by atoms with E-state index in [-0.39, 0.29) is 0 Å². The SMILES string of the molecule is Cc1cc2c(N3CCC(N(C)CCCC4CCCO4)CC3)ncnc2s1. The fourth-order valence-electron chi connectivity index (χ4n) is 4.36. The smallest absolute Gasteiger partial charge is 0.140 e. The normalized spacial score (nSPS) is 22.0. The minimum absolute atomic E-state index is 0.527. The summed E-state index contributed by atoms with van der Waals surface area (Å²) in [5.41, 5.74) is 0. The van der Waals surface area contributed by atoms with E-state index < -0.39 is 0 Å². The van der Waals surface area contributed by atoms with E-state index in [0.717, 1.165) is 30.3 Å². The van der Waals surface area contributed by atoms with Gasteiger partial charge in [-0.25, -0.2) is 9.97 Å². The van der Waals surface area contributed by atoms with Crippen molar-refractivity contribution in [2.24, 2.45) is 0 Å². The molecule has 142 valence electrons. The molecule has 0 bridgehead atoms. The number of nitrogens with zero attached hydrogens (tertiary/aromatic N) is 4. The van der Waals surface area contributed by atoms with Crippen LogP contribution in [-0.4, -0.2) is 60.3 Å². The van der Waals surface area contributed by atoms with E-state index in [2.05, 4.69) is 39.8 Å². The maximum atomic E-state index is 5.74. The summed E-state index contributed by atoms with van der Waals surface area (Å²) in [5, 5.41) is 1.22. The van der Waals surface area contributed by atoms with Crippen LogP contribution in [0.15, 0.2) is 12.4 Å². The van der Waals surface area contributed by atoms with Gasteiger partial charge < -0.3 is 14.5 Å². The summed E-state index contributed by atoms with van der Waals surface area (Å²) in [5.74, 6) is 1.12. The molecule has 0 radical (unpaired) electrons. The van der Waals surface area contributed by atoms with Gasteiger partial charge in [0.2, 0.25) is 0 Å². The van der Waals surface area contributed by atoms with Crippen molar-refractivity contribution >= 4 is 27.4 Å². The van der Waals surface area contributed by atoms with Gasteiger partial charge in [0.15, 0.2) is 0 Å². The van der Waals surface area contributed by atoms with Crippen LogP contribution in [0.4, 0.5) is 5.82 Å². The fourth-order valence-corrected chi connectivity index (χ4v) is 5.20. The van der Waals surface area contributed by atoms with Crippen molar-refractivity contribution in [3.05, 3.63) is 17.3 Å². The van der Waals surface area contributed by atoms with Gasteiger partial charge in [-0.05, 0) is 65.1 Å². The molecule has 1 unspecified atom stereocenters. The van der Waals surface area contributed by atoms with E-state index >= 15 is 0 Å². The molecular weight excluding hydrogens is 344 g/mol. The Bertz CT molecular complexity index is 720. The molecule has 6 heteroatoms. The fraction of sp³-hybridized carbons (Fsp3) is 0.700. The molecule has 2 aliphatic rings. The Balaban J connectivity index is 1.29. The molecule has 4 heterocycles. The molecule has 2 aromatic rings. The molecule has 2 fully saturated rings. The molecule has 0 amide bonds. The Labute approximate surface area is 160 Å². The number of piperidine rings is 1. The highest BCUT2D eigenvalue weighted by Crippen LogP contribution is 2.31. The summed E-state index contributed by atoms with van der Waals surface area (Å²) < 4.78 is 5.74. The van der Waals surface area contributed by atoms with Gasteiger partial charge >= 0.3 is 0 Å². The van der Waals surface area contributed by atoms with Gasteiger partial charge in [0.1, 0.15) is 17.0 Å². The summed E-state index contributed by atoms with van der Waals surface area (Å²) >= 11 is 1.76. The van der Waals surface area contributed by atoms with Crippen LogP contribution in [0.1, 0.15) is 43.4 Å². The Morgan fingerprint density at radius 3 is 2.88 bits per heavy atom. The lowest BCUT2D eigenvalue weighted by Gasteiger charge is -2.37. The molecule has 2 saturated heterocycles. The third-order valence-corrected chi connectivity index (χ3v) is 6.84. The van der Waals surface area contributed by atoms with E-state index in [1.165, 1.54) is 55.3 Å². The van der Waals surface area contributed by atoms with Gasteiger partial charge in [-0.1, -0.05) is 0 Å². The number of rotatable bonds is 6. The zero-order valence-electron chi connectivity index (χ0n) is 16.0. The summed E-state index contributed by atoms with van der Waals surface area (Å²) in [6.45, 7) is 6.47. The van der Waals surface area contributed by atoms with E-state index in [1.807, 2.05) is 0 Å². The van der Waals surface area contributed by atoms with Crippen molar-refractivity contribution in [1.82, 2.24) is 14.9 Å². The van der Waals surface area contributed by atoms with Crippen LogP contribution in [0.2, 0.25) is 0 Å². The van der Waals surface area contributed by atoms with Gasteiger partial charge in [0.05, 0.1) is 11.5 Å². The predicted molar refractivity (Wildman–Crippen MR) is 108 cm³/mol. The lowest BCUT2D eigenvalue weighted by atomic mass is 10.0. The Kier molecular flexibility index (Phi) is 5.72. The maximum absolute atomic E-state index is 5.74. The van der Waals surface area contributed by atoms with E-state index in [1.54, 1.807) is 17.7 Å². The number of ether oxygens (including phenoxy) is 1. The molecule has 4 rings (SSSR count). The predicted octanol–water partition coefficient (Wildman–Crippen LogP) is 3.86. The van der Waals surface area contributed by atoms with Crippen LogP contribution in [0.25, 0.3) is 10.2 Å². The van der Waals surface area contributed by atoms with Crippen LogP contribution in [0.5, 0.6) is 0 Å². The number of anilines is 1. The maximum Gasteiger partial charge on any atom is 0.140 e. The number of thiophene rings is 1. The monoisotopic (exact) mass is 374 g/mol. The highest BCUT2D eigenvalue weighted by atomic mass is 32.1. The lowest BCUT2D eigenvalue weighted by molar-refractivity contribution is 0.0969. The van der Waals surface area contributed by atoms with Crippen molar-refractivity contribution < 1.29 is 4.74 Å². The van der Waals surface area contributed by atoms with Gasteiger partial charge in [-0.3, -0.25) is 0 Å². The number of aryl methyl sites for hydroxylation is 1. The van der Waals surface area contributed by atoms with Crippen molar-refractivity contribution in [3.8, 4) is 0 Å². The highest BCUT2D eigenvalue weighted by Gasteiger charge is 2.25. The third-order valence-electron chi connectivity index (χ3n) is 5.88. The zero-order chi connectivity index (χ0) is 17.9. The molecule has 0 aliphatic carbocycles. The van der Waals surface area contributed by atoms with Crippen molar-refractivity contribution in [1.29, 1.82) is 0 Å². The summed E-state index contributed by atoms with van der Waals surface area (Å²) in [4.78, 5) is 16.5. The van der Waals surface area contributed by atoms with Crippen molar-refractivity contribution in [2.75, 3.05) is 38.2 Å². The summed E-state index contributed by atoms with van der Waals surface area (Å²) in [6, 6.07) is 2.93. The first-order valence-corrected chi connectivity index (χ1v) is 10.8. The molecule has 26 heavy (non-hydrogen) atoms. The number of hydrogen-bond acceptors (Lipinski definition) is 6. The first-order valence-electron chi connectivity index (χ1n) is 9.98. The van der Waals surface area contributed by atoms with Gasteiger partial charge in [0.25, 0.3) is 0 Å². The first-order chi connectivity index (χ1) is 12.7. The Morgan fingerprint density at radius 2 is 2.12 bits per heavy atom. The summed E-state index contributed by atoms with van der Waals surface area (Å²) in [6.07, 6.45) is 9.66. The third kappa shape index (κ3) is 4.02. The lowest BCUT2D eigenvalue weighted by Crippen LogP contribution is -2.44. The van der Waals surface area contributed by atoms with Crippen LogP contribution >= 0.6 is 11.3 Å². The van der Waals surface area contributed by atoms with Crippen molar-refractivity contribution in [3.63, 3.8) is 0 Å². The van der Waals surface area contributed by atoms with E-state index in [9.17, 15) is 0 Å². The zero-order valence-corrected chi connectivity index (χ0v) is 16.8. The second kappa shape index (κ2) is 8.19. The molecular formula is C20H30N4OS. The molecule has 0 saturated carbocycles. The largest absolute Gasteiger partial charge is 0.378 e. The Morgan fingerprint density at radius 1 is 1.27 bits per heavy atom. The second-order valence-electron chi connectivity index (χ2n) is 7.75. The average Bonchev–Trinajstić information content (AvgIpc) is 3.30. The van der Waals surface area contributed by atoms with Crippen LogP contribution in [-0.2, 0) is 4.74 Å². The average molecular weight is 375 g/mol. The van der Waals surface area contributed by atoms with E-state index in [4.69, 9.17) is 4.74 Å². The van der Waals surface area contributed by atoms with Crippen LogP contribution in [0.3, 0.4) is 0 Å². The Hall–Kier alpha value is -1.24. The van der Waals surface area contributed by atoms with Gasteiger partial charge in [-0.15, -0.1) is 11.3 Å². The number of hydrogen-bond donors (Lipinski definition) is 0. The van der Waals surface area contributed by atoms with Crippen LogP contribution in [0, 0.1) is 6.92 Å². The standard InChI is InChI=1S/C20H30N4OS/c1-15-13-18-19(21-14-22-20(18)26-15)24-10-7-16(8-11-24)23(2)9-3-5-17-6-4-12-25-17/h13-14,16-17H,3-12H2,1-2H3. The van der Waals surface area contributed by atoms with Gasteiger partial charge in [0, 0.05) is 30.6 Å². The molecule has 0 aromatic carbocycles. The van der Waals surface area contributed by atoms with Crippen molar-refractivity contribution in [2.45, 2.75) is 57.6 Å². The molecule has 2 aliphatic heterocycles.